The van der Waals surface area contributed by atoms with Crippen molar-refractivity contribution in [2.24, 2.45) is 17.3 Å². The Hall–Kier alpha value is -0.660. The maximum atomic E-state index is 11.4. The highest BCUT2D eigenvalue weighted by atomic mass is 16.2. The third-order valence-electron chi connectivity index (χ3n) is 3.63. The summed E-state index contributed by atoms with van der Waals surface area (Å²) in [6.45, 7) is 4.14. The van der Waals surface area contributed by atoms with Crippen LogP contribution in [0.25, 0.3) is 0 Å². The van der Waals surface area contributed by atoms with E-state index in [9.17, 15) is 9.59 Å². The molecule has 60 valence electrons. The molecule has 2 rings (SSSR count). The Morgan fingerprint density at radius 3 is 2.00 bits per heavy atom. The van der Waals surface area contributed by atoms with Crippen LogP contribution in [0.4, 0.5) is 0 Å². The molecule has 0 bridgehead atoms. The topological polar surface area (TPSA) is 34.1 Å². The monoisotopic (exact) mass is 152 g/mol. The predicted molar refractivity (Wildman–Crippen MR) is 40.0 cm³/mol. The zero-order valence-electron chi connectivity index (χ0n) is 6.89. The third kappa shape index (κ3) is 0.627. The SMILES string of the molecule is CC1C(C)C12CC(=O)CC2=O. The van der Waals surface area contributed by atoms with Gasteiger partial charge in [-0.2, -0.15) is 0 Å². The highest BCUT2D eigenvalue weighted by Gasteiger charge is 2.67. The van der Waals surface area contributed by atoms with Crippen molar-refractivity contribution in [2.75, 3.05) is 0 Å². The molecular formula is C9H12O2. The second kappa shape index (κ2) is 1.74. The predicted octanol–water partition coefficient (Wildman–Crippen LogP) is 1.19. The minimum atomic E-state index is -0.197. The van der Waals surface area contributed by atoms with Gasteiger partial charge in [-0.05, 0) is 11.8 Å². The van der Waals surface area contributed by atoms with E-state index in [1.807, 2.05) is 0 Å². The zero-order chi connectivity index (χ0) is 8.22. The molecule has 0 aromatic heterocycles. The molecule has 2 aliphatic rings. The second-order valence-electron chi connectivity index (χ2n) is 3.93. The summed E-state index contributed by atoms with van der Waals surface area (Å²) in [6, 6.07) is 0. The lowest BCUT2D eigenvalue weighted by Gasteiger charge is -2.01. The molecule has 0 heterocycles. The number of carbonyl (C=O) groups is 2. The van der Waals surface area contributed by atoms with E-state index in [0.29, 0.717) is 18.3 Å². The van der Waals surface area contributed by atoms with Crippen molar-refractivity contribution in [1.29, 1.82) is 0 Å². The molecule has 0 amide bonds. The summed E-state index contributed by atoms with van der Waals surface area (Å²) in [5, 5.41) is 0. The van der Waals surface area contributed by atoms with E-state index in [4.69, 9.17) is 0 Å². The zero-order valence-corrected chi connectivity index (χ0v) is 6.89. The van der Waals surface area contributed by atoms with E-state index in [2.05, 4.69) is 13.8 Å². The van der Waals surface area contributed by atoms with Crippen molar-refractivity contribution >= 4 is 11.6 Å². The molecule has 0 aromatic rings. The molecular weight excluding hydrogens is 140 g/mol. The first-order valence-corrected chi connectivity index (χ1v) is 4.14. The number of ketones is 2. The van der Waals surface area contributed by atoms with Crippen LogP contribution < -0.4 is 0 Å². The number of rotatable bonds is 0. The van der Waals surface area contributed by atoms with Gasteiger partial charge in [-0.3, -0.25) is 9.59 Å². The molecule has 0 aromatic carbocycles. The van der Waals surface area contributed by atoms with Crippen LogP contribution in [0.2, 0.25) is 0 Å². The van der Waals surface area contributed by atoms with E-state index in [-0.39, 0.29) is 23.4 Å². The van der Waals surface area contributed by atoms with Gasteiger partial charge in [0.1, 0.15) is 11.6 Å². The van der Waals surface area contributed by atoms with Gasteiger partial charge in [0.2, 0.25) is 0 Å². The lowest BCUT2D eigenvalue weighted by Crippen LogP contribution is -2.10. The first kappa shape index (κ1) is 7.01. The quantitative estimate of drug-likeness (QED) is 0.488. The van der Waals surface area contributed by atoms with E-state index < -0.39 is 0 Å². The van der Waals surface area contributed by atoms with E-state index in [1.54, 1.807) is 0 Å². The lowest BCUT2D eigenvalue weighted by atomic mass is 10.00. The van der Waals surface area contributed by atoms with Crippen molar-refractivity contribution in [2.45, 2.75) is 26.7 Å². The maximum absolute atomic E-state index is 11.4. The van der Waals surface area contributed by atoms with Crippen LogP contribution in [0.3, 0.4) is 0 Å². The van der Waals surface area contributed by atoms with Crippen molar-refractivity contribution in [3.63, 3.8) is 0 Å². The largest absolute Gasteiger partial charge is 0.299 e. The summed E-state index contributed by atoms with van der Waals surface area (Å²) in [5.74, 6) is 1.23. The van der Waals surface area contributed by atoms with Crippen LogP contribution in [0.1, 0.15) is 26.7 Å². The number of carbonyl (C=O) groups excluding carboxylic acids is 2. The van der Waals surface area contributed by atoms with Crippen LogP contribution in [-0.2, 0) is 9.59 Å². The van der Waals surface area contributed by atoms with Gasteiger partial charge in [0, 0.05) is 11.8 Å². The van der Waals surface area contributed by atoms with Gasteiger partial charge in [-0.15, -0.1) is 0 Å². The molecule has 2 unspecified atom stereocenters. The summed E-state index contributed by atoms with van der Waals surface area (Å²) in [6.07, 6.45) is 0.725. The van der Waals surface area contributed by atoms with Crippen LogP contribution in [0.15, 0.2) is 0 Å². The standard InChI is InChI=1S/C9H12O2/c1-5-6(2)9(5)4-7(10)3-8(9)11/h5-6H,3-4H2,1-2H3. The van der Waals surface area contributed by atoms with E-state index in [0.717, 1.165) is 0 Å². The van der Waals surface area contributed by atoms with Gasteiger partial charge in [0.05, 0.1) is 6.42 Å². The summed E-state index contributed by atoms with van der Waals surface area (Å²) in [5.41, 5.74) is -0.197. The van der Waals surface area contributed by atoms with Crippen molar-refractivity contribution < 1.29 is 9.59 Å². The van der Waals surface area contributed by atoms with Gasteiger partial charge in [-0.25, -0.2) is 0 Å². The molecule has 2 nitrogen and oxygen atoms in total. The van der Waals surface area contributed by atoms with E-state index >= 15 is 0 Å². The van der Waals surface area contributed by atoms with Gasteiger partial charge in [0.15, 0.2) is 0 Å². The Balaban J connectivity index is 2.30. The Kier molecular flexibility index (Phi) is 1.11. The number of hydrogen-bond donors (Lipinski definition) is 0. The minimum absolute atomic E-state index is 0.145. The number of hydrogen-bond acceptors (Lipinski definition) is 2. The Bertz CT molecular complexity index is 234. The van der Waals surface area contributed by atoms with Gasteiger partial charge < -0.3 is 0 Å². The van der Waals surface area contributed by atoms with Crippen LogP contribution in [0, 0.1) is 17.3 Å². The maximum Gasteiger partial charge on any atom is 0.147 e. The van der Waals surface area contributed by atoms with Crippen molar-refractivity contribution in [3.8, 4) is 0 Å². The fourth-order valence-corrected chi connectivity index (χ4v) is 2.52. The molecule has 2 atom stereocenters. The number of Topliss-reactive ketones (excluding diaryl/α,β-unsaturated/α-hetero) is 2. The summed E-state index contributed by atoms with van der Waals surface area (Å²) < 4.78 is 0. The molecule has 1 spiro atoms. The Morgan fingerprint density at radius 1 is 1.27 bits per heavy atom. The molecule has 0 N–H and O–H groups in total. The third-order valence-corrected chi connectivity index (χ3v) is 3.63. The molecule has 0 radical (unpaired) electrons. The Labute approximate surface area is 66.0 Å². The van der Waals surface area contributed by atoms with E-state index in [1.165, 1.54) is 0 Å². The second-order valence-corrected chi connectivity index (χ2v) is 3.93. The minimum Gasteiger partial charge on any atom is -0.299 e. The molecule has 2 fully saturated rings. The van der Waals surface area contributed by atoms with Gasteiger partial charge in [-0.1, -0.05) is 13.8 Å². The first-order chi connectivity index (χ1) is 5.09. The molecule has 2 heteroatoms. The average Bonchev–Trinajstić information content (AvgIpc) is 2.36. The molecule has 0 aliphatic heterocycles. The van der Waals surface area contributed by atoms with Crippen LogP contribution >= 0.6 is 0 Å². The fourth-order valence-electron chi connectivity index (χ4n) is 2.52. The van der Waals surface area contributed by atoms with Gasteiger partial charge >= 0.3 is 0 Å². The fraction of sp³-hybridized carbons (Fsp3) is 0.778. The van der Waals surface area contributed by atoms with Crippen LogP contribution in [-0.4, -0.2) is 11.6 Å². The normalized spacial score (nSPS) is 48.9. The molecule has 0 saturated heterocycles. The molecule has 2 saturated carbocycles. The summed E-state index contributed by atoms with van der Waals surface area (Å²) in [7, 11) is 0. The highest BCUT2D eigenvalue weighted by molar-refractivity contribution is 6.11. The first-order valence-electron chi connectivity index (χ1n) is 4.14. The van der Waals surface area contributed by atoms with Gasteiger partial charge in [0.25, 0.3) is 0 Å². The highest BCUT2D eigenvalue weighted by Crippen LogP contribution is 2.64. The van der Waals surface area contributed by atoms with Crippen LogP contribution in [0.5, 0.6) is 0 Å². The van der Waals surface area contributed by atoms with Crippen molar-refractivity contribution in [3.05, 3.63) is 0 Å². The molecule has 2 aliphatic carbocycles. The lowest BCUT2D eigenvalue weighted by molar-refractivity contribution is -0.123. The summed E-state index contributed by atoms with van der Waals surface area (Å²) >= 11 is 0. The van der Waals surface area contributed by atoms with Crippen molar-refractivity contribution in [1.82, 2.24) is 0 Å². The summed E-state index contributed by atoms with van der Waals surface area (Å²) in [4.78, 5) is 22.3. The Morgan fingerprint density at radius 2 is 1.82 bits per heavy atom. The average molecular weight is 152 g/mol. The smallest absolute Gasteiger partial charge is 0.147 e. The molecule has 11 heavy (non-hydrogen) atoms.